The van der Waals surface area contributed by atoms with Gasteiger partial charge in [0.1, 0.15) is 11.3 Å². The number of nitrogens with two attached hydrogens (primary N) is 1. The van der Waals surface area contributed by atoms with Crippen molar-refractivity contribution in [3.63, 3.8) is 0 Å². The lowest BCUT2D eigenvalue weighted by Gasteiger charge is -2.27. The Hall–Kier alpha value is -3.11. The van der Waals surface area contributed by atoms with Crippen LogP contribution < -0.4 is 26.2 Å². The molecular weight excluding hydrogens is 386 g/mol. The lowest BCUT2D eigenvalue weighted by Crippen LogP contribution is -2.42. The highest BCUT2D eigenvalue weighted by Crippen LogP contribution is 2.24. The van der Waals surface area contributed by atoms with E-state index in [1.54, 1.807) is 7.11 Å². The molecule has 0 atom stereocenters. The summed E-state index contributed by atoms with van der Waals surface area (Å²) in [5.41, 5.74) is 8.52. The highest BCUT2D eigenvalue weighted by atomic mass is 16.5. The van der Waals surface area contributed by atoms with Gasteiger partial charge in [0.15, 0.2) is 11.5 Å². The minimum atomic E-state index is -0.313. The van der Waals surface area contributed by atoms with E-state index in [1.807, 2.05) is 19.1 Å². The Morgan fingerprint density at radius 3 is 2.73 bits per heavy atom. The third kappa shape index (κ3) is 4.10. The van der Waals surface area contributed by atoms with Crippen LogP contribution >= 0.6 is 0 Å². The molecule has 3 heterocycles. The van der Waals surface area contributed by atoms with Gasteiger partial charge in [0, 0.05) is 38.3 Å². The van der Waals surface area contributed by atoms with Gasteiger partial charge in [0.05, 0.1) is 20.3 Å². The average molecular weight is 413 g/mol. The fourth-order valence-electron chi connectivity index (χ4n) is 3.69. The van der Waals surface area contributed by atoms with Gasteiger partial charge < -0.3 is 25.5 Å². The molecule has 0 aliphatic carbocycles. The Morgan fingerprint density at radius 2 is 2.00 bits per heavy atom. The Morgan fingerprint density at radius 1 is 1.20 bits per heavy atom. The van der Waals surface area contributed by atoms with Gasteiger partial charge >= 0.3 is 11.7 Å². The predicted molar refractivity (Wildman–Crippen MR) is 114 cm³/mol. The normalized spacial score (nSPS) is 14.9. The van der Waals surface area contributed by atoms with Crippen LogP contribution in [0.5, 0.6) is 11.8 Å². The molecule has 4 rings (SSSR count). The third-order valence-electron chi connectivity index (χ3n) is 5.20. The fraction of sp³-hybridized carbons (Fsp3) is 0.450. The van der Waals surface area contributed by atoms with E-state index in [9.17, 15) is 4.79 Å². The number of aromatic amines is 1. The summed E-state index contributed by atoms with van der Waals surface area (Å²) in [5, 5.41) is 3.36. The van der Waals surface area contributed by atoms with Crippen LogP contribution in [0.4, 0.5) is 5.82 Å². The number of aromatic nitrogens is 4. The van der Waals surface area contributed by atoms with Crippen LogP contribution in [-0.4, -0.2) is 64.3 Å². The Balaban J connectivity index is 1.64. The van der Waals surface area contributed by atoms with Crippen LogP contribution in [0, 0.1) is 0 Å². The van der Waals surface area contributed by atoms with Crippen molar-refractivity contribution in [2.45, 2.75) is 20.0 Å². The molecule has 0 unspecified atom stereocenters. The van der Waals surface area contributed by atoms with Crippen molar-refractivity contribution < 1.29 is 9.47 Å². The van der Waals surface area contributed by atoms with Crippen LogP contribution in [0.25, 0.3) is 11.2 Å². The van der Waals surface area contributed by atoms with E-state index < -0.39 is 0 Å². The summed E-state index contributed by atoms with van der Waals surface area (Å²) < 4.78 is 12.5. The Bertz CT molecular complexity index is 1090. The van der Waals surface area contributed by atoms with Gasteiger partial charge in [-0.15, -0.1) is 0 Å². The number of imidazole rings is 1. The van der Waals surface area contributed by atoms with Crippen molar-refractivity contribution in [1.29, 1.82) is 0 Å². The molecule has 1 aliphatic rings. The summed E-state index contributed by atoms with van der Waals surface area (Å²) in [6.45, 7) is 7.46. The van der Waals surface area contributed by atoms with Crippen molar-refractivity contribution in [2.75, 3.05) is 45.6 Å². The number of anilines is 1. The zero-order valence-corrected chi connectivity index (χ0v) is 17.3. The van der Waals surface area contributed by atoms with Crippen molar-refractivity contribution in [1.82, 2.24) is 29.7 Å². The van der Waals surface area contributed by atoms with E-state index in [0.29, 0.717) is 17.8 Å². The second-order valence-electron chi connectivity index (χ2n) is 7.21. The molecule has 10 nitrogen and oxygen atoms in total. The number of nitrogens with one attached hydrogen (secondary N) is 2. The molecule has 30 heavy (non-hydrogen) atoms. The second kappa shape index (κ2) is 8.72. The molecule has 0 radical (unpaired) electrons. The maximum Gasteiger partial charge on any atom is 0.328 e. The van der Waals surface area contributed by atoms with Gasteiger partial charge in [0.25, 0.3) is 0 Å². The monoisotopic (exact) mass is 413 g/mol. The third-order valence-corrected chi connectivity index (χ3v) is 5.20. The number of hydrogen-bond donors (Lipinski definition) is 3. The average Bonchev–Trinajstić information content (AvgIpc) is 3.06. The van der Waals surface area contributed by atoms with E-state index in [4.69, 9.17) is 15.2 Å². The molecule has 0 saturated carbocycles. The summed E-state index contributed by atoms with van der Waals surface area (Å²) in [6.07, 6.45) is 0. The summed E-state index contributed by atoms with van der Waals surface area (Å²) >= 11 is 0. The number of fused-ring (bicyclic) bond motifs is 1. The molecule has 3 aromatic rings. The number of nitrogen functional groups attached to an aromatic ring is 1. The minimum absolute atomic E-state index is 0.147. The molecule has 0 amide bonds. The van der Waals surface area contributed by atoms with Gasteiger partial charge in [-0.3, -0.25) is 9.47 Å². The Kier molecular flexibility index (Phi) is 5.86. The first-order valence-electron chi connectivity index (χ1n) is 10.1. The van der Waals surface area contributed by atoms with E-state index in [1.165, 1.54) is 10.1 Å². The number of H-pyrrole nitrogens is 1. The zero-order valence-electron chi connectivity index (χ0n) is 17.3. The number of ether oxygens (including phenoxy) is 2. The maximum absolute atomic E-state index is 12.6. The van der Waals surface area contributed by atoms with Crippen molar-refractivity contribution in [2.24, 2.45) is 0 Å². The van der Waals surface area contributed by atoms with Crippen molar-refractivity contribution in [3.8, 4) is 11.8 Å². The maximum atomic E-state index is 12.6. The molecular formula is C20H27N7O3. The smallest absolute Gasteiger partial charge is 0.328 e. The molecule has 4 N–H and O–H groups in total. The van der Waals surface area contributed by atoms with Crippen LogP contribution in [0.1, 0.15) is 18.1 Å². The van der Waals surface area contributed by atoms with Crippen LogP contribution in [0.15, 0.2) is 23.0 Å². The highest BCUT2D eigenvalue weighted by Gasteiger charge is 2.17. The summed E-state index contributed by atoms with van der Waals surface area (Å²) in [4.78, 5) is 26.2. The fourth-order valence-corrected chi connectivity index (χ4v) is 3.69. The molecule has 160 valence electrons. The van der Waals surface area contributed by atoms with Crippen LogP contribution in [-0.2, 0) is 13.1 Å². The SMILES string of the molecule is CCOc1nc(N)c2[nH]c(=O)n(Cc3ccc(CN4CCNCC4)cc3OC)c2n1. The molecule has 0 spiro atoms. The number of piperazine rings is 1. The van der Waals surface area contributed by atoms with Gasteiger partial charge in [-0.2, -0.15) is 9.97 Å². The molecule has 1 aromatic carbocycles. The lowest BCUT2D eigenvalue weighted by molar-refractivity contribution is 0.233. The Labute approximate surface area is 174 Å². The number of methoxy groups -OCH3 is 1. The quantitative estimate of drug-likeness (QED) is 0.514. The highest BCUT2D eigenvalue weighted by molar-refractivity contribution is 5.82. The predicted octanol–water partition coefficient (Wildman–Crippen LogP) is 0.563. The molecule has 1 saturated heterocycles. The van der Waals surface area contributed by atoms with Crippen molar-refractivity contribution >= 4 is 17.0 Å². The van der Waals surface area contributed by atoms with E-state index in [0.717, 1.165) is 44.0 Å². The topological polar surface area (TPSA) is 123 Å². The second-order valence-corrected chi connectivity index (χ2v) is 7.21. The summed E-state index contributed by atoms with van der Waals surface area (Å²) in [6, 6.07) is 6.25. The van der Waals surface area contributed by atoms with Crippen LogP contribution in [0.3, 0.4) is 0 Å². The summed E-state index contributed by atoms with van der Waals surface area (Å²) in [7, 11) is 1.64. The first kappa shape index (κ1) is 20.2. The standard InChI is InChI=1S/C20H27N7O3/c1-3-30-19-24-17(21)16-18(25-19)27(20(28)23-16)12-14-5-4-13(10-15(14)29-2)11-26-8-6-22-7-9-26/h4-5,10,22H,3,6-9,11-12H2,1-2H3,(H,23,28)(H2,21,24,25). The molecule has 1 aliphatic heterocycles. The minimum Gasteiger partial charge on any atom is -0.496 e. The van der Waals surface area contributed by atoms with Gasteiger partial charge in [-0.25, -0.2) is 4.79 Å². The number of benzene rings is 1. The molecule has 10 heteroatoms. The first-order chi connectivity index (χ1) is 14.6. The van der Waals surface area contributed by atoms with Gasteiger partial charge in [-0.1, -0.05) is 12.1 Å². The van der Waals surface area contributed by atoms with Gasteiger partial charge in [-0.05, 0) is 18.6 Å². The van der Waals surface area contributed by atoms with Crippen LogP contribution in [0.2, 0.25) is 0 Å². The zero-order chi connectivity index (χ0) is 21.1. The summed E-state index contributed by atoms with van der Waals surface area (Å²) in [5.74, 6) is 0.911. The van der Waals surface area contributed by atoms with Gasteiger partial charge in [0.2, 0.25) is 0 Å². The first-order valence-corrected chi connectivity index (χ1v) is 10.1. The van der Waals surface area contributed by atoms with E-state index >= 15 is 0 Å². The lowest BCUT2D eigenvalue weighted by atomic mass is 10.1. The van der Waals surface area contributed by atoms with E-state index in [-0.39, 0.29) is 24.1 Å². The van der Waals surface area contributed by atoms with E-state index in [2.05, 4.69) is 31.2 Å². The number of rotatable bonds is 7. The largest absolute Gasteiger partial charge is 0.496 e. The van der Waals surface area contributed by atoms with Crippen molar-refractivity contribution in [3.05, 3.63) is 39.8 Å². The number of nitrogens with zero attached hydrogens (tertiary/aromatic N) is 4. The molecule has 2 aromatic heterocycles. The molecule has 1 fully saturated rings. The molecule has 0 bridgehead atoms. The number of hydrogen-bond acceptors (Lipinski definition) is 8.